The summed E-state index contributed by atoms with van der Waals surface area (Å²) in [6.45, 7) is 0. The lowest BCUT2D eigenvalue weighted by molar-refractivity contribution is -0.117. The molecular weight excluding hydrogens is 192 g/mol. The number of primary amides is 1. The summed E-state index contributed by atoms with van der Waals surface area (Å²) >= 11 is 0. The number of hydrogen-bond acceptors (Lipinski definition) is 3. The Morgan fingerprint density at radius 3 is 2.93 bits per heavy atom. The maximum absolute atomic E-state index is 10.8. The number of carbonyl (C=O) groups excluding carboxylic acids is 1. The van der Waals surface area contributed by atoms with Crippen LogP contribution in [0.4, 0.5) is 0 Å². The molecule has 1 amide bonds. The number of phenolic OH excluding ortho intramolecular Hbond substituents is 1. The molecule has 0 spiro atoms. The summed E-state index contributed by atoms with van der Waals surface area (Å²) < 4.78 is 0. The number of nitrogens with two attached hydrogens (primary N) is 1. The Balaban J connectivity index is 2.66. The average molecular weight is 202 g/mol. The fraction of sp³-hybridized carbons (Fsp3) is 0.0909. The minimum absolute atomic E-state index is 0.110. The van der Waals surface area contributed by atoms with Crippen molar-refractivity contribution in [1.82, 2.24) is 4.98 Å². The van der Waals surface area contributed by atoms with Gasteiger partial charge in [0.05, 0.1) is 6.42 Å². The number of hydrogen-bond donors (Lipinski definition) is 2. The van der Waals surface area contributed by atoms with Crippen molar-refractivity contribution in [3.63, 3.8) is 0 Å². The zero-order valence-electron chi connectivity index (χ0n) is 7.97. The van der Waals surface area contributed by atoms with E-state index >= 15 is 0 Å². The average Bonchev–Trinajstić information content (AvgIpc) is 2.22. The van der Waals surface area contributed by atoms with E-state index in [1.165, 1.54) is 6.07 Å². The first-order chi connectivity index (χ1) is 7.18. The number of pyridine rings is 1. The van der Waals surface area contributed by atoms with Crippen molar-refractivity contribution in [2.24, 2.45) is 5.73 Å². The molecule has 1 heterocycles. The van der Waals surface area contributed by atoms with Crippen LogP contribution in [0.2, 0.25) is 0 Å². The van der Waals surface area contributed by atoms with Gasteiger partial charge in [-0.2, -0.15) is 0 Å². The lowest BCUT2D eigenvalue weighted by Gasteiger charge is -2.05. The van der Waals surface area contributed by atoms with Gasteiger partial charge < -0.3 is 10.8 Å². The normalized spacial score (nSPS) is 10.4. The summed E-state index contributed by atoms with van der Waals surface area (Å²) in [5, 5.41) is 10.3. The quantitative estimate of drug-likeness (QED) is 0.761. The van der Waals surface area contributed by atoms with E-state index < -0.39 is 5.91 Å². The van der Waals surface area contributed by atoms with E-state index in [1.807, 2.05) is 0 Å². The highest BCUT2D eigenvalue weighted by Crippen LogP contribution is 2.25. The number of aromatic nitrogens is 1. The molecule has 1 aromatic carbocycles. The largest absolute Gasteiger partial charge is 0.506 e. The molecule has 0 fully saturated rings. The van der Waals surface area contributed by atoms with Gasteiger partial charge in [0.2, 0.25) is 5.91 Å². The first kappa shape index (κ1) is 9.45. The van der Waals surface area contributed by atoms with Gasteiger partial charge in [-0.05, 0) is 17.7 Å². The van der Waals surface area contributed by atoms with Gasteiger partial charge in [-0.15, -0.1) is 0 Å². The molecule has 0 radical (unpaired) electrons. The van der Waals surface area contributed by atoms with Gasteiger partial charge >= 0.3 is 0 Å². The molecular formula is C11H10N2O2. The third-order valence-corrected chi connectivity index (χ3v) is 2.20. The molecule has 1 aromatic heterocycles. The molecule has 3 N–H and O–H groups in total. The lowest BCUT2D eigenvalue weighted by atomic mass is 10.0. The van der Waals surface area contributed by atoms with Crippen LogP contribution in [0.15, 0.2) is 30.5 Å². The number of aromatic hydroxyl groups is 1. The number of fused-ring (bicyclic) bond motifs is 1. The van der Waals surface area contributed by atoms with Crippen LogP contribution in [0.1, 0.15) is 5.56 Å². The number of benzene rings is 1. The molecule has 0 aliphatic carbocycles. The second-order valence-corrected chi connectivity index (χ2v) is 3.29. The van der Waals surface area contributed by atoms with E-state index in [9.17, 15) is 9.90 Å². The van der Waals surface area contributed by atoms with Crippen LogP contribution >= 0.6 is 0 Å². The Morgan fingerprint density at radius 1 is 1.40 bits per heavy atom. The van der Waals surface area contributed by atoms with Crippen LogP contribution in [0.25, 0.3) is 10.9 Å². The monoisotopic (exact) mass is 202 g/mol. The van der Waals surface area contributed by atoms with Crippen molar-refractivity contribution >= 4 is 16.8 Å². The van der Waals surface area contributed by atoms with Crippen LogP contribution < -0.4 is 5.73 Å². The molecule has 4 nitrogen and oxygen atoms in total. The van der Waals surface area contributed by atoms with Gasteiger partial charge in [-0.25, -0.2) is 0 Å². The molecule has 0 unspecified atom stereocenters. The highest BCUT2D eigenvalue weighted by atomic mass is 16.3. The van der Waals surface area contributed by atoms with E-state index in [0.29, 0.717) is 5.52 Å². The molecule has 15 heavy (non-hydrogen) atoms. The van der Waals surface area contributed by atoms with Crippen LogP contribution in [-0.4, -0.2) is 16.0 Å². The van der Waals surface area contributed by atoms with E-state index in [1.54, 1.807) is 24.4 Å². The zero-order valence-corrected chi connectivity index (χ0v) is 7.97. The van der Waals surface area contributed by atoms with E-state index in [4.69, 9.17) is 5.73 Å². The van der Waals surface area contributed by atoms with Gasteiger partial charge in [0.15, 0.2) is 0 Å². The van der Waals surface area contributed by atoms with Gasteiger partial charge in [0.25, 0.3) is 0 Å². The molecule has 4 heteroatoms. The molecule has 0 aliphatic rings. The number of phenols is 1. The third kappa shape index (κ3) is 1.74. The fourth-order valence-electron chi connectivity index (χ4n) is 1.56. The van der Waals surface area contributed by atoms with Crippen LogP contribution in [0.5, 0.6) is 5.75 Å². The summed E-state index contributed by atoms with van der Waals surface area (Å²) in [5.41, 5.74) is 6.41. The first-order valence-corrected chi connectivity index (χ1v) is 4.52. The Kier molecular flexibility index (Phi) is 2.25. The van der Waals surface area contributed by atoms with Gasteiger partial charge in [-0.1, -0.05) is 12.1 Å². The topological polar surface area (TPSA) is 76.2 Å². The third-order valence-electron chi connectivity index (χ3n) is 2.20. The van der Waals surface area contributed by atoms with Gasteiger partial charge in [0, 0.05) is 11.6 Å². The molecule has 0 aliphatic heterocycles. The lowest BCUT2D eigenvalue weighted by Crippen LogP contribution is -2.13. The summed E-state index contributed by atoms with van der Waals surface area (Å²) in [5.74, 6) is -0.287. The molecule has 0 bridgehead atoms. The van der Waals surface area contributed by atoms with Crippen molar-refractivity contribution in [1.29, 1.82) is 0 Å². The fourth-order valence-corrected chi connectivity index (χ4v) is 1.56. The van der Waals surface area contributed by atoms with E-state index in [-0.39, 0.29) is 12.2 Å². The summed E-state index contributed by atoms with van der Waals surface area (Å²) in [6.07, 6.45) is 1.75. The standard InChI is InChI=1S/C11H10N2O2/c12-10(15)6-7-3-4-9(14)11-8(7)2-1-5-13-11/h1-5,14H,6H2,(H2,12,15). The van der Waals surface area contributed by atoms with Crippen molar-refractivity contribution in [2.45, 2.75) is 6.42 Å². The summed E-state index contributed by atoms with van der Waals surface area (Å²) in [7, 11) is 0. The Morgan fingerprint density at radius 2 is 2.20 bits per heavy atom. The smallest absolute Gasteiger partial charge is 0.221 e. The Labute approximate surface area is 86.4 Å². The first-order valence-electron chi connectivity index (χ1n) is 4.52. The molecule has 0 saturated heterocycles. The predicted octanol–water partition coefficient (Wildman–Crippen LogP) is 0.968. The maximum Gasteiger partial charge on any atom is 0.221 e. The number of carbonyl (C=O) groups is 1. The van der Waals surface area contributed by atoms with Crippen LogP contribution in [-0.2, 0) is 11.2 Å². The van der Waals surface area contributed by atoms with Crippen molar-refractivity contribution in [2.75, 3.05) is 0 Å². The SMILES string of the molecule is NC(=O)Cc1ccc(O)c2ncccc12. The summed E-state index contributed by atoms with van der Waals surface area (Å²) in [4.78, 5) is 14.9. The highest BCUT2D eigenvalue weighted by molar-refractivity contribution is 5.90. The number of rotatable bonds is 2. The molecule has 2 aromatic rings. The molecule has 0 saturated carbocycles. The Bertz CT molecular complexity index is 523. The minimum Gasteiger partial charge on any atom is -0.506 e. The highest BCUT2D eigenvalue weighted by Gasteiger charge is 2.07. The molecule has 2 rings (SSSR count). The molecule has 0 atom stereocenters. The maximum atomic E-state index is 10.8. The van der Waals surface area contributed by atoms with Gasteiger partial charge in [-0.3, -0.25) is 9.78 Å². The minimum atomic E-state index is -0.397. The predicted molar refractivity (Wildman–Crippen MR) is 56.3 cm³/mol. The van der Waals surface area contributed by atoms with Crippen LogP contribution in [0, 0.1) is 0 Å². The summed E-state index contributed by atoms with van der Waals surface area (Å²) in [6, 6.07) is 6.77. The van der Waals surface area contributed by atoms with E-state index in [0.717, 1.165) is 10.9 Å². The van der Waals surface area contributed by atoms with Crippen molar-refractivity contribution in [3.8, 4) is 5.75 Å². The number of nitrogens with zero attached hydrogens (tertiary/aromatic N) is 1. The van der Waals surface area contributed by atoms with Crippen molar-refractivity contribution in [3.05, 3.63) is 36.0 Å². The zero-order chi connectivity index (χ0) is 10.8. The molecule has 76 valence electrons. The van der Waals surface area contributed by atoms with Gasteiger partial charge in [0.1, 0.15) is 11.3 Å². The second-order valence-electron chi connectivity index (χ2n) is 3.29. The van der Waals surface area contributed by atoms with Crippen LogP contribution in [0.3, 0.4) is 0 Å². The number of amides is 1. The van der Waals surface area contributed by atoms with Crippen molar-refractivity contribution < 1.29 is 9.90 Å². The Hall–Kier alpha value is -2.10. The second kappa shape index (κ2) is 3.57. The van der Waals surface area contributed by atoms with E-state index in [2.05, 4.69) is 4.98 Å².